The molecule has 0 unspecified atom stereocenters. The number of aromatic nitrogens is 2. The van der Waals surface area contributed by atoms with Gasteiger partial charge in [-0.3, -0.25) is 9.97 Å². The molecule has 0 bridgehead atoms. The first-order chi connectivity index (χ1) is 12.9. The average molecular weight is 354 g/mol. The summed E-state index contributed by atoms with van der Waals surface area (Å²) in [4.78, 5) is 9.64. The number of fused-ring (bicyclic) bond motifs is 5. The van der Waals surface area contributed by atoms with Gasteiger partial charge in [0, 0.05) is 28.9 Å². The van der Waals surface area contributed by atoms with Gasteiger partial charge >= 0.3 is 0 Å². The van der Waals surface area contributed by atoms with Crippen LogP contribution in [0.5, 0.6) is 0 Å². The summed E-state index contributed by atoms with van der Waals surface area (Å²) in [5, 5.41) is 0. The lowest BCUT2D eigenvalue weighted by atomic mass is 9.63. The Morgan fingerprint density at radius 2 is 1.52 bits per heavy atom. The van der Waals surface area contributed by atoms with Gasteiger partial charge in [-0.15, -0.1) is 0 Å². The van der Waals surface area contributed by atoms with Gasteiger partial charge in [-0.1, -0.05) is 52.0 Å². The van der Waals surface area contributed by atoms with Crippen LogP contribution >= 0.6 is 0 Å². The Balaban J connectivity index is 1.74. The lowest BCUT2D eigenvalue weighted by Crippen LogP contribution is -2.36. The fourth-order valence-corrected chi connectivity index (χ4v) is 5.04. The van der Waals surface area contributed by atoms with E-state index in [2.05, 4.69) is 69.2 Å². The van der Waals surface area contributed by atoms with Crippen LogP contribution in [0.4, 0.5) is 0 Å². The van der Waals surface area contributed by atoms with Crippen molar-refractivity contribution in [2.75, 3.05) is 0 Å². The highest BCUT2D eigenvalue weighted by atomic mass is 14.7. The summed E-state index contributed by atoms with van der Waals surface area (Å²) >= 11 is 0. The maximum atomic E-state index is 5.02. The lowest BCUT2D eigenvalue weighted by Gasteiger charge is -2.42. The third-order valence-corrected chi connectivity index (χ3v) is 6.64. The van der Waals surface area contributed by atoms with Crippen LogP contribution in [-0.2, 0) is 17.3 Å². The van der Waals surface area contributed by atoms with Crippen LogP contribution in [0.15, 0.2) is 48.8 Å². The number of hydrogen-bond donors (Lipinski definition) is 0. The summed E-state index contributed by atoms with van der Waals surface area (Å²) < 4.78 is 0. The molecule has 0 amide bonds. The standard InChI is InChI=1S/C25H26N2/c1-24(2)11-12-25(3,4)23-22(24)19-14-18-16(20(19)15-27-23)8-7-9-17(18)21-10-5-6-13-26-21/h5-10,13,15H,11-12,14H2,1-4H3. The minimum absolute atomic E-state index is 0.151. The molecule has 0 saturated heterocycles. The van der Waals surface area contributed by atoms with Crippen LogP contribution in [0.25, 0.3) is 22.4 Å². The second kappa shape index (κ2) is 5.51. The van der Waals surface area contributed by atoms with Crippen LogP contribution in [-0.4, -0.2) is 9.97 Å². The van der Waals surface area contributed by atoms with E-state index in [0.29, 0.717) is 0 Å². The smallest absolute Gasteiger partial charge is 0.0705 e. The molecule has 2 nitrogen and oxygen atoms in total. The van der Waals surface area contributed by atoms with E-state index < -0.39 is 0 Å². The van der Waals surface area contributed by atoms with E-state index in [9.17, 15) is 0 Å². The van der Waals surface area contributed by atoms with E-state index in [0.717, 1.165) is 12.1 Å². The van der Waals surface area contributed by atoms with Crippen molar-refractivity contribution in [3.8, 4) is 22.4 Å². The zero-order valence-corrected chi connectivity index (χ0v) is 16.6. The number of nitrogens with zero attached hydrogens (tertiary/aromatic N) is 2. The molecule has 0 fully saturated rings. The van der Waals surface area contributed by atoms with Gasteiger partial charge in [0.15, 0.2) is 0 Å². The third-order valence-electron chi connectivity index (χ3n) is 6.64. The molecular formula is C25H26N2. The summed E-state index contributed by atoms with van der Waals surface area (Å²) in [6, 6.07) is 12.8. The molecule has 0 aliphatic heterocycles. The number of benzene rings is 1. The fraction of sp³-hybridized carbons (Fsp3) is 0.360. The predicted molar refractivity (Wildman–Crippen MR) is 111 cm³/mol. The van der Waals surface area contributed by atoms with E-state index in [4.69, 9.17) is 4.98 Å². The second-order valence-electron chi connectivity index (χ2n) is 9.37. The first-order valence-electron chi connectivity index (χ1n) is 9.95. The van der Waals surface area contributed by atoms with Crippen LogP contribution in [0.1, 0.15) is 62.9 Å². The van der Waals surface area contributed by atoms with E-state index in [1.54, 1.807) is 0 Å². The summed E-state index contributed by atoms with van der Waals surface area (Å²) in [5.74, 6) is 0. The van der Waals surface area contributed by atoms with Gasteiger partial charge in [0.05, 0.1) is 11.4 Å². The minimum atomic E-state index is 0.151. The van der Waals surface area contributed by atoms with E-state index >= 15 is 0 Å². The summed E-state index contributed by atoms with van der Waals surface area (Å²) in [6.07, 6.45) is 7.42. The lowest BCUT2D eigenvalue weighted by molar-refractivity contribution is 0.321. The van der Waals surface area contributed by atoms with Crippen LogP contribution < -0.4 is 0 Å². The molecule has 2 aliphatic rings. The summed E-state index contributed by atoms with van der Waals surface area (Å²) in [7, 11) is 0. The van der Waals surface area contributed by atoms with E-state index in [1.807, 2.05) is 12.3 Å². The zero-order chi connectivity index (χ0) is 18.8. The maximum absolute atomic E-state index is 5.02. The molecule has 0 atom stereocenters. The van der Waals surface area contributed by atoms with Gasteiger partial charge in [-0.05, 0) is 59.1 Å². The zero-order valence-electron chi connectivity index (χ0n) is 16.6. The predicted octanol–water partition coefficient (Wildman–Crippen LogP) is 6.06. The van der Waals surface area contributed by atoms with Crippen molar-refractivity contribution in [3.63, 3.8) is 0 Å². The van der Waals surface area contributed by atoms with Crippen molar-refractivity contribution in [1.29, 1.82) is 0 Å². The quantitative estimate of drug-likeness (QED) is 0.415. The largest absolute Gasteiger partial charge is 0.260 e. The molecule has 5 rings (SSSR count). The monoisotopic (exact) mass is 354 g/mol. The normalized spacial score (nSPS) is 18.5. The van der Waals surface area contributed by atoms with Gasteiger partial charge in [-0.2, -0.15) is 0 Å². The molecule has 1 aromatic carbocycles. The molecule has 0 saturated carbocycles. The minimum Gasteiger partial charge on any atom is -0.260 e. The average Bonchev–Trinajstić information content (AvgIpc) is 3.04. The molecule has 3 aromatic rings. The fourth-order valence-electron chi connectivity index (χ4n) is 5.04. The highest BCUT2D eigenvalue weighted by molar-refractivity contribution is 5.85. The molecule has 27 heavy (non-hydrogen) atoms. The number of rotatable bonds is 1. The molecule has 0 N–H and O–H groups in total. The highest BCUT2D eigenvalue weighted by Crippen LogP contribution is 2.51. The SMILES string of the molecule is CC1(C)CCC(C)(C)c2c1ncc1c2Cc2c(-c3ccccn3)cccc2-1. The van der Waals surface area contributed by atoms with E-state index in [-0.39, 0.29) is 10.8 Å². The Morgan fingerprint density at radius 3 is 2.30 bits per heavy atom. The van der Waals surface area contributed by atoms with Crippen LogP contribution in [0, 0.1) is 0 Å². The molecular weight excluding hydrogens is 328 g/mol. The number of hydrogen-bond acceptors (Lipinski definition) is 2. The van der Waals surface area contributed by atoms with Gasteiger partial charge in [0.2, 0.25) is 0 Å². The van der Waals surface area contributed by atoms with E-state index in [1.165, 1.54) is 51.9 Å². The highest BCUT2D eigenvalue weighted by Gasteiger charge is 2.42. The van der Waals surface area contributed by atoms with Crippen molar-refractivity contribution in [2.45, 2.75) is 57.8 Å². The first-order valence-corrected chi connectivity index (χ1v) is 9.95. The molecule has 2 aromatic heterocycles. The molecule has 2 heteroatoms. The Hall–Kier alpha value is -2.48. The van der Waals surface area contributed by atoms with Crippen molar-refractivity contribution < 1.29 is 0 Å². The summed E-state index contributed by atoms with van der Waals surface area (Å²) in [5.41, 5.74) is 11.0. The maximum Gasteiger partial charge on any atom is 0.0705 e. The van der Waals surface area contributed by atoms with Crippen molar-refractivity contribution in [2.24, 2.45) is 0 Å². The Bertz CT molecular complexity index is 1050. The summed E-state index contributed by atoms with van der Waals surface area (Å²) in [6.45, 7) is 9.49. The van der Waals surface area contributed by atoms with Gasteiger partial charge < -0.3 is 0 Å². The van der Waals surface area contributed by atoms with Gasteiger partial charge in [0.1, 0.15) is 0 Å². The van der Waals surface area contributed by atoms with Crippen molar-refractivity contribution >= 4 is 0 Å². The van der Waals surface area contributed by atoms with Crippen molar-refractivity contribution in [1.82, 2.24) is 9.97 Å². The van der Waals surface area contributed by atoms with Gasteiger partial charge in [-0.25, -0.2) is 0 Å². The van der Waals surface area contributed by atoms with Gasteiger partial charge in [0.25, 0.3) is 0 Å². The Kier molecular flexibility index (Phi) is 3.40. The first kappa shape index (κ1) is 16.7. The van der Waals surface area contributed by atoms with Crippen LogP contribution in [0.2, 0.25) is 0 Å². The molecule has 2 aliphatic carbocycles. The number of pyridine rings is 2. The second-order valence-corrected chi connectivity index (χ2v) is 9.37. The molecule has 0 radical (unpaired) electrons. The third kappa shape index (κ3) is 2.39. The molecule has 2 heterocycles. The Morgan fingerprint density at radius 1 is 0.741 bits per heavy atom. The molecule has 0 spiro atoms. The molecule has 136 valence electrons. The van der Waals surface area contributed by atoms with Crippen LogP contribution in [0.3, 0.4) is 0 Å². The Labute approximate surface area is 161 Å². The van der Waals surface area contributed by atoms with Crippen molar-refractivity contribution in [3.05, 3.63) is 71.2 Å². The topological polar surface area (TPSA) is 25.8 Å².